The summed E-state index contributed by atoms with van der Waals surface area (Å²) in [6, 6.07) is 11.6. The fourth-order valence-electron chi connectivity index (χ4n) is 5.16. The number of benzene rings is 2. The number of hydrogen-bond donors (Lipinski definition) is 2. The van der Waals surface area contributed by atoms with Crippen molar-refractivity contribution < 1.29 is 39.5 Å². The number of nitrogens with zero attached hydrogens (tertiary/aromatic N) is 6. The van der Waals surface area contributed by atoms with Crippen LogP contribution in [0.1, 0.15) is 28.8 Å². The number of rotatable bonds is 12. The molecule has 1 saturated heterocycles. The highest BCUT2D eigenvalue weighted by molar-refractivity contribution is 7.91. The Balaban J connectivity index is 1.29. The number of ether oxygens (including phenoxy) is 1. The van der Waals surface area contributed by atoms with Gasteiger partial charge in [-0.15, -0.1) is 0 Å². The van der Waals surface area contributed by atoms with Crippen LogP contribution in [0.3, 0.4) is 0 Å². The van der Waals surface area contributed by atoms with E-state index in [1.54, 1.807) is 49.0 Å². The predicted octanol–water partition coefficient (Wildman–Crippen LogP) is 2.53. The molecule has 48 heavy (non-hydrogen) atoms. The minimum Gasteiger partial charge on any atom is -0.454 e. The summed E-state index contributed by atoms with van der Waals surface area (Å²) < 4.78 is 98.2. The van der Waals surface area contributed by atoms with Crippen molar-refractivity contribution in [3.05, 3.63) is 59.7 Å². The van der Waals surface area contributed by atoms with Crippen molar-refractivity contribution in [1.29, 1.82) is 0 Å². The maximum atomic E-state index is 13.2. The smallest absolute Gasteiger partial charge is 0.422 e. The Kier molecular flexibility index (Phi) is 9.87. The highest BCUT2D eigenvalue weighted by Gasteiger charge is 2.55. The molecule has 5 rings (SSSR count). The van der Waals surface area contributed by atoms with Gasteiger partial charge in [0.15, 0.2) is 6.61 Å². The maximum absolute atomic E-state index is 13.2. The number of anilines is 3. The molecule has 2 N–H and O–H groups in total. The van der Waals surface area contributed by atoms with Gasteiger partial charge in [0.05, 0.1) is 4.90 Å². The third-order valence-electron chi connectivity index (χ3n) is 7.73. The van der Waals surface area contributed by atoms with Crippen LogP contribution in [0.25, 0.3) is 0 Å². The number of carbonyl (C=O) groups is 1. The van der Waals surface area contributed by atoms with E-state index in [-0.39, 0.29) is 55.1 Å². The second kappa shape index (κ2) is 13.4. The molecule has 0 bridgehead atoms. The number of sulfonamides is 2. The topological polar surface area (TPSA) is 167 Å². The molecular formula is C29H35F3N8O6S2. The molecule has 1 saturated carbocycles. The van der Waals surface area contributed by atoms with E-state index in [4.69, 9.17) is 4.74 Å². The Labute approximate surface area is 276 Å². The van der Waals surface area contributed by atoms with Gasteiger partial charge in [0.25, 0.3) is 5.91 Å². The number of aromatic nitrogens is 3. The zero-order valence-corrected chi connectivity index (χ0v) is 28.0. The molecule has 3 aromatic rings. The lowest BCUT2D eigenvalue weighted by Crippen LogP contribution is -2.49. The maximum Gasteiger partial charge on any atom is 0.422 e. The minimum absolute atomic E-state index is 0.0368. The Morgan fingerprint density at radius 2 is 1.65 bits per heavy atom. The molecule has 2 aliphatic rings. The van der Waals surface area contributed by atoms with Crippen LogP contribution < -0.4 is 19.7 Å². The number of hydrogen-bond acceptors (Lipinski definition) is 12. The molecule has 260 valence electrons. The zero-order valence-electron chi connectivity index (χ0n) is 26.4. The van der Waals surface area contributed by atoms with Crippen LogP contribution >= 0.6 is 0 Å². The van der Waals surface area contributed by atoms with Crippen molar-refractivity contribution in [2.45, 2.75) is 35.6 Å². The third kappa shape index (κ3) is 8.31. The monoisotopic (exact) mass is 712 g/mol. The van der Waals surface area contributed by atoms with Crippen molar-refractivity contribution in [1.82, 2.24) is 28.9 Å². The minimum atomic E-state index is -4.66. The number of nitrogens with one attached hydrogen (secondary N) is 2. The predicted molar refractivity (Wildman–Crippen MR) is 170 cm³/mol. The summed E-state index contributed by atoms with van der Waals surface area (Å²) in [5.74, 6) is -1.02. The van der Waals surface area contributed by atoms with E-state index in [2.05, 4.69) is 25.0 Å². The molecule has 19 heteroatoms. The highest BCUT2D eigenvalue weighted by atomic mass is 32.2. The van der Waals surface area contributed by atoms with Gasteiger partial charge in [-0.25, -0.2) is 21.6 Å². The Bertz CT molecular complexity index is 1860. The summed E-state index contributed by atoms with van der Waals surface area (Å²) in [4.78, 5) is 28.6. The summed E-state index contributed by atoms with van der Waals surface area (Å²) >= 11 is 0. The fourth-order valence-corrected chi connectivity index (χ4v) is 8.33. The molecule has 1 aliphatic carbocycles. The summed E-state index contributed by atoms with van der Waals surface area (Å²) in [6.45, 7) is 0.824. The van der Waals surface area contributed by atoms with Gasteiger partial charge >= 0.3 is 12.2 Å². The van der Waals surface area contributed by atoms with Crippen LogP contribution in [-0.4, -0.2) is 111 Å². The number of carbonyl (C=O) groups excluding carboxylic acids is 1. The first kappa shape index (κ1) is 35.2. The lowest BCUT2D eigenvalue weighted by Gasteiger charge is -2.34. The van der Waals surface area contributed by atoms with Crippen LogP contribution in [0.15, 0.2) is 53.4 Å². The third-order valence-corrected chi connectivity index (χ3v) is 11.8. The molecule has 2 heterocycles. The molecule has 0 unspecified atom stereocenters. The molecule has 0 radical (unpaired) electrons. The lowest BCUT2D eigenvalue weighted by molar-refractivity contribution is -0.154. The van der Waals surface area contributed by atoms with Gasteiger partial charge in [-0.2, -0.15) is 32.4 Å². The quantitative estimate of drug-likeness (QED) is 0.282. The Morgan fingerprint density at radius 3 is 2.23 bits per heavy atom. The largest absolute Gasteiger partial charge is 0.454 e. The molecule has 1 amide bonds. The van der Waals surface area contributed by atoms with Crippen molar-refractivity contribution >= 4 is 43.5 Å². The van der Waals surface area contributed by atoms with E-state index in [1.165, 1.54) is 34.6 Å². The van der Waals surface area contributed by atoms with Gasteiger partial charge in [0.1, 0.15) is 4.75 Å². The molecule has 14 nitrogen and oxygen atoms in total. The molecule has 0 atom stereocenters. The average molecular weight is 713 g/mol. The molecule has 1 aromatic heterocycles. The first-order valence-corrected chi connectivity index (χ1v) is 17.7. The van der Waals surface area contributed by atoms with Gasteiger partial charge < -0.3 is 19.9 Å². The molecule has 2 fully saturated rings. The standard InChI is InChI=1S/C29H35F3N8O6S2/c1-20-5-4-6-23(17-20)47(42,43)40-15-13-39(14-16-40)26-34-25(35-27(36-26)46-19-29(30,31)32)33-22-9-7-21(8-10-22)24(41)37-48(44,45)28(11-12-28)18-38(2)3/h4-10,17H,11-16,18-19H2,1-3H3,(H,37,41)(H,33,34,35,36). The summed E-state index contributed by atoms with van der Waals surface area (Å²) in [5.41, 5.74) is 1.18. The Morgan fingerprint density at radius 1 is 0.979 bits per heavy atom. The molecular weight excluding hydrogens is 677 g/mol. The van der Waals surface area contributed by atoms with Crippen molar-refractivity contribution in [2.24, 2.45) is 0 Å². The van der Waals surface area contributed by atoms with E-state index in [0.29, 0.717) is 18.5 Å². The first-order chi connectivity index (χ1) is 22.5. The van der Waals surface area contributed by atoms with E-state index < -0.39 is 49.5 Å². The van der Waals surface area contributed by atoms with Crippen LogP contribution in [0.5, 0.6) is 6.01 Å². The molecule has 0 spiro atoms. The van der Waals surface area contributed by atoms with Crippen molar-refractivity contribution in [2.75, 3.05) is 63.6 Å². The summed E-state index contributed by atoms with van der Waals surface area (Å²) in [5, 5.41) is 2.84. The van der Waals surface area contributed by atoms with Crippen LogP contribution in [0, 0.1) is 6.92 Å². The zero-order chi connectivity index (χ0) is 34.9. The van der Waals surface area contributed by atoms with Crippen molar-refractivity contribution in [3.63, 3.8) is 0 Å². The normalized spacial score (nSPS) is 16.9. The average Bonchev–Trinajstić information content (AvgIpc) is 3.80. The van der Waals surface area contributed by atoms with Gasteiger partial charge in [-0.05, 0) is 75.8 Å². The molecule has 1 aliphatic heterocycles. The van der Waals surface area contributed by atoms with E-state index >= 15 is 0 Å². The first-order valence-electron chi connectivity index (χ1n) is 14.8. The lowest BCUT2D eigenvalue weighted by atomic mass is 10.2. The highest BCUT2D eigenvalue weighted by Crippen LogP contribution is 2.43. The van der Waals surface area contributed by atoms with E-state index in [1.807, 2.05) is 0 Å². The van der Waals surface area contributed by atoms with Gasteiger partial charge in [0.2, 0.25) is 31.9 Å². The second-order valence-corrected chi connectivity index (χ2v) is 15.9. The van der Waals surface area contributed by atoms with Gasteiger partial charge in [-0.3, -0.25) is 4.79 Å². The number of halogens is 3. The summed E-state index contributed by atoms with van der Waals surface area (Å²) in [7, 11) is -4.20. The van der Waals surface area contributed by atoms with E-state index in [9.17, 15) is 34.8 Å². The molecule has 2 aromatic carbocycles. The number of piperazine rings is 1. The van der Waals surface area contributed by atoms with Crippen molar-refractivity contribution in [3.8, 4) is 6.01 Å². The van der Waals surface area contributed by atoms with Crippen LogP contribution in [0.2, 0.25) is 0 Å². The van der Waals surface area contributed by atoms with Crippen LogP contribution in [-0.2, 0) is 20.0 Å². The van der Waals surface area contributed by atoms with Gasteiger partial charge in [0, 0.05) is 44.0 Å². The number of aryl methyl sites for hydroxylation is 1. The Hall–Kier alpha value is -4.07. The van der Waals surface area contributed by atoms with E-state index in [0.717, 1.165) is 5.56 Å². The number of amides is 1. The fraction of sp³-hybridized carbons (Fsp3) is 0.448. The second-order valence-electron chi connectivity index (χ2n) is 11.9. The number of alkyl halides is 3. The van der Waals surface area contributed by atoms with Gasteiger partial charge in [-0.1, -0.05) is 12.1 Å². The summed E-state index contributed by atoms with van der Waals surface area (Å²) in [6.07, 6.45) is -3.77. The van der Waals surface area contributed by atoms with Crippen LogP contribution in [0.4, 0.5) is 30.8 Å². The SMILES string of the molecule is Cc1cccc(S(=O)(=O)N2CCN(c3nc(Nc4ccc(C(=O)NS(=O)(=O)C5(CN(C)C)CC5)cc4)nc(OCC(F)(F)F)n3)CC2)c1.